The Balaban J connectivity index is 2.43. The lowest BCUT2D eigenvalue weighted by atomic mass is 10.1. The highest BCUT2D eigenvalue weighted by atomic mass is 32.2. The Kier molecular flexibility index (Phi) is 4.38. The summed E-state index contributed by atoms with van der Waals surface area (Å²) < 4.78 is 24.8. The van der Waals surface area contributed by atoms with Crippen molar-refractivity contribution in [3.8, 4) is 0 Å². The van der Waals surface area contributed by atoms with E-state index in [0.717, 1.165) is 6.54 Å². The smallest absolute Gasteiger partial charge is 0.212 e. The third kappa shape index (κ3) is 3.24. The largest absolute Gasteiger partial charge is 0.213 e. The van der Waals surface area contributed by atoms with E-state index in [-0.39, 0.29) is 5.75 Å². The van der Waals surface area contributed by atoms with Crippen LogP contribution in [-0.4, -0.2) is 32.1 Å². The maximum absolute atomic E-state index is 11.6. The maximum atomic E-state index is 11.6. The average molecular weight is 219 g/mol. The average Bonchev–Trinajstić information content (AvgIpc) is 2.56. The van der Waals surface area contributed by atoms with Crippen LogP contribution >= 0.6 is 0 Å². The maximum Gasteiger partial charge on any atom is 0.213 e. The summed E-state index contributed by atoms with van der Waals surface area (Å²) in [5.41, 5.74) is 0. The molecule has 0 saturated heterocycles. The molecule has 0 amide bonds. The van der Waals surface area contributed by atoms with E-state index in [4.69, 9.17) is 0 Å². The number of rotatable bonds is 5. The van der Waals surface area contributed by atoms with Crippen LogP contribution in [0.25, 0.3) is 0 Å². The summed E-state index contributed by atoms with van der Waals surface area (Å²) in [6.45, 7) is 2.63. The van der Waals surface area contributed by atoms with Gasteiger partial charge in [0.1, 0.15) is 0 Å². The molecule has 0 radical (unpaired) electrons. The summed E-state index contributed by atoms with van der Waals surface area (Å²) in [5, 5.41) is 0. The molecule has 0 aromatic carbocycles. The minimum atomic E-state index is -2.96. The van der Waals surface area contributed by atoms with Gasteiger partial charge >= 0.3 is 0 Å². The minimum Gasteiger partial charge on any atom is -0.212 e. The van der Waals surface area contributed by atoms with Crippen LogP contribution in [0, 0.1) is 5.92 Å². The fourth-order valence-corrected chi connectivity index (χ4v) is 3.35. The molecule has 1 fully saturated rings. The highest BCUT2D eigenvalue weighted by Gasteiger charge is 2.22. The van der Waals surface area contributed by atoms with Crippen LogP contribution in [0.2, 0.25) is 0 Å². The minimum absolute atomic E-state index is 0.288. The first-order chi connectivity index (χ1) is 6.56. The van der Waals surface area contributed by atoms with Gasteiger partial charge in [-0.15, -0.1) is 0 Å². The normalized spacial score (nSPS) is 19.4. The van der Waals surface area contributed by atoms with Gasteiger partial charge in [0.05, 0.1) is 5.75 Å². The van der Waals surface area contributed by atoms with Crippen molar-refractivity contribution < 1.29 is 8.42 Å². The Bertz CT molecular complexity index is 255. The van der Waals surface area contributed by atoms with E-state index in [1.54, 1.807) is 11.4 Å². The van der Waals surface area contributed by atoms with Gasteiger partial charge < -0.3 is 0 Å². The monoisotopic (exact) mass is 219 g/mol. The molecule has 0 unspecified atom stereocenters. The second-order valence-corrected chi connectivity index (χ2v) is 6.44. The van der Waals surface area contributed by atoms with Gasteiger partial charge in [-0.05, 0) is 25.2 Å². The second-order valence-electron chi connectivity index (χ2n) is 4.25. The number of hydrogen-bond donors (Lipinski definition) is 0. The topological polar surface area (TPSA) is 37.4 Å². The van der Waals surface area contributed by atoms with Crippen molar-refractivity contribution in [3.63, 3.8) is 0 Å². The fraction of sp³-hybridized carbons (Fsp3) is 1.00. The summed E-state index contributed by atoms with van der Waals surface area (Å²) in [7, 11) is -1.25. The summed E-state index contributed by atoms with van der Waals surface area (Å²) in [6.07, 6.45) is 5.65. The third-order valence-corrected chi connectivity index (χ3v) is 4.95. The van der Waals surface area contributed by atoms with Crippen LogP contribution in [0.15, 0.2) is 0 Å². The molecule has 0 aliphatic heterocycles. The molecule has 0 aromatic rings. The number of hydrogen-bond acceptors (Lipinski definition) is 2. The van der Waals surface area contributed by atoms with Gasteiger partial charge in [-0.1, -0.05) is 19.8 Å². The van der Waals surface area contributed by atoms with Crippen LogP contribution in [0.3, 0.4) is 0 Å². The molecule has 3 nitrogen and oxygen atoms in total. The van der Waals surface area contributed by atoms with E-state index in [1.807, 2.05) is 6.92 Å². The molecule has 0 aromatic heterocycles. The van der Waals surface area contributed by atoms with E-state index in [1.165, 1.54) is 25.7 Å². The second kappa shape index (κ2) is 5.12. The Morgan fingerprint density at radius 2 is 1.86 bits per heavy atom. The van der Waals surface area contributed by atoms with Gasteiger partial charge in [0.2, 0.25) is 10.0 Å². The molecular formula is C10H21NO2S. The first kappa shape index (κ1) is 12.0. The van der Waals surface area contributed by atoms with Crippen molar-refractivity contribution in [2.24, 2.45) is 5.92 Å². The van der Waals surface area contributed by atoms with Crippen molar-refractivity contribution in [3.05, 3.63) is 0 Å². The number of sulfonamides is 1. The highest BCUT2D eigenvalue weighted by molar-refractivity contribution is 7.89. The fourth-order valence-electron chi connectivity index (χ4n) is 2.08. The predicted molar refractivity (Wildman–Crippen MR) is 58.7 cm³/mol. The molecule has 14 heavy (non-hydrogen) atoms. The van der Waals surface area contributed by atoms with Gasteiger partial charge in [-0.2, -0.15) is 0 Å². The quantitative estimate of drug-likeness (QED) is 0.707. The SMILES string of the molecule is CCCS(=O)(=O)N(C)CC1CCCC1. The Morgan fingerprint density at radius 1 is 1.29 bits per heavy atom. The van der Waals surface area contributed by atoms with Gasteiger partial charge in [-0.3, -0.25) is 0 Å². The highest BCUT2D eigenvalue weighted by Crippen LogP contribution is 2.25. The molecule has 1 aliphatic carbocycles. The lowest BCUT2D eigenvalue weighted by Gasteiger charge is -2.20. The lowest BCUT2D eigenvalue weighted by Crippen LogP contribution is -2.32. The van der Waals surface area contributed by atoms with E-state index in [2.05, 4.69) is 0 Å². The van der Waals surface area contributed by atoms with Crippen LogP contribution in [-0.2, 0) is 10.0 Å². The van der Waals surface area contributed by atoms with Gasteiger partial charge in [0.15, 0.2) is 0 Å². The molecule has 84 valence electrons. The molecule has 0 spiro atoms. The molecule has 0 bridgehead atoms. The van der Waals surface area contributed by atoms with Crippen molar-refractivity contribution in [2.45, 2.75) is 39.0 Å². The summed E-state index contributed by atoms with van der Waals surface area (Å²) in [5.74, 6) is 0.891. The zero-order chi connectivity index (χ0) is 10.6. The molecule has 0 N–H and O–H groups in total. The molecule has 1 saturated carbocycles. The van der Waals surface area contributed by atoms with Crippen LogP contribution in [0.4, 0.5) is 0 Å². The summed E-state index contributed by atoms with van der Waals surface area (Å²) in [4.78, 5) is 0. The molecular weight excluding hydrogens is 198 g/mol. The zero-order valence-corrected chi connectivity index (χ0v) is 10.0. The molecule has 1 rings (SSSR count). The summed E-state index contributed by atoms with van der Waals surface area (Å²) in [6, 6.07) is 0. The van der Waals surface area contributed by atoms with Crippen molar-refractivity contribution in [1.29, 1.82) is 0 Å². The van der Waals surface area contributed by atoms with Crippen molar-refractivity contribution in [2.75, 3.05) is 19.3 Å². The van der Waals surface area contributed by atoms with Gasteiger partial charge in [0.25, 0.3) is 0 Å². The van der Waals surface area contributed by atoms with Gasteiger partial charge in [-0.25, -0.2) is 12.7 Å². The van der Waals surface area contributed by atoms with Crippen LogP contribution in [0.1, 0.15) is 39.0 Å². The van der Waals surface area contributed by atoms with E-state index in [9.17, 15) is 8.42 Å². The van der Waals surface area contributed by atoms with Gasteiger partial charge in [0, 0.05) is 13.6 Å². The van der Waals surface area contributed by atoms with E-state index < -0.39 is 10.0 Å². The predicted octanol–water partition coefficient (Wildman–Crippen LogP) is 1.85. The third-order valence-electron chi connectivity index (χ3n) is 2.93. The van der Waals surface area contributed by atoms with Crippen molar-refractivity contribution >= 4 is 10.0 Å². The zero-order valence-electron chi connectivity index (χ0n) is 9.20. The Morgan fingerprint density at radius 3 is 2.36 bits per heavy atom. The first-order valence-corrected chi connectivity index (χ1v) is 7.11. The van der Waals surface area contributed by atoms with Crippen LogP contribution in [0.5, 0.6) is 0 Å². The van der Waals surface area contributed by atoms with E-state index in [0.29, 0.717) is 12.3 Å². The van der Waals surface area contributed by atoms with E-state index >= 15 is 0 Å². The molecule has 1 aliphatic rings. The Hall–Kier alpha value is -0.0900. The molecule has 0 heterocycles. The molecule has 4 heteroatoms. The first-order valence-electron chi connectivity index (χ1n) is 5.50. The Labute approximate surface area is 87.5 Å². The lowest BCUT2D eigenvalue weighted by molar-refractivity contribution is 0.387. The summed E-state index contributed by atoms with van der Waals surface area (Å²) >= 11 is 0. The standard InChI is InChI=1S/C10H21NO2S/c1-3-8-14(12,13)11(2)9-10-6-4-5-7-10/h10H,3-9H2,1-2H3. The van der Waals surface area contributed by atoms with Crippen molar-refractivity contribution in [1.82, 2.24) is 4.31 Å². The molecule has 0 atom stereocenters. The number of nitrogens with zero attached hydrogens (tertiary/aromatic N) is 1. The van der Waals surface area contributed by atoms with Crippen LogP contribution < -0.4 is 0 Å².